The third-order valence-electron chi connectivity index (χ3n) is 5.13. The van der Waals surface area contributed by atoms with Gasteiger partial charge in [-0.15, -0.1) is 0 Å². The average Bonchev–Trinajstić information content (AvgIpc) is 2.73. The van der Waals surface area contributed by atoms with Gasteiger partial charge in [-0.2, -0.15) is 0 Å². The number of esters is 1. The molecule has 1 N–H and O–H groups in total. The first-order chi connectivity index (χ1) is 14.3. The van der Waals surface area contributed by atoms with Crippen LogP contribution in [0, 0.1) is 13.8 Å². The van der Waals surface area contributed by atoms with E-state index in [1.54, 1.807) is 6.92 Å². The fraction of sp³-hybridized carbons (Fsp3) is 0.478. The van der Waals surface area contributed by atoms with E-state index >= 15 is 0 Å². The highest BCUT2D eigenvalue weighted by Crippen LogP contribution is 2.19. The molecular formula is C23H31N3O3S. The van der Waals surface area contributed by atoms with Crippen LogP contribution in [0.15, 0.2) is 35.5 Å². The van der Waals surface area contributed by atoms with E-state index in [1.807, 2.05) is 38.3 Å². The Bertz CT molecular complexity index is 835. The Morgan fingerprint density at radius 1 is 1.13 bits per heavy atom. The molecule has 0 bridgehead atoms. The van der Waals surface area contributed by atoms with Gasteiger partial charge in [-0.1, -0.05) is 49.0 Å². The number of thioether (sulfide) groups is 1. The zero-order valence-corrected chi connectivity index (χ0v) is 19.2. The molecule has 1 aromatic carbocycles. The minimum absolute atomic E-state index is 0.183. The standard InChI is InChI=1S/C23H31N3O3S/c1-6-18(19-10-8-7-9-11-19)14-24-22(28)17(4)29-21(27)13-12-20-15(2)25-23(30-5)26-16(20)3/h7-11,17-18H,6,12-14H2,1-5H3,(H,24,28)/t17-,18+/m0/s1. The number of benzene rings is 1. The van der Waals surface area contributed by atoms with Gasteiger partial charge >= 0.3 is 5.97 Å². The number of nitrogens with zero attached hydrogens (tertiary/aromatic N) is 2. The van der Waals surface area contributed by atoms with Crippen molar-refractivity contribution in [1.82, 2.24) is 15.3 Å². The minimum Gasteiger partial charge on any atom is -0.453 e. The predicted molar refractivity (Wildman–Crippen MR) is 120 cm³/mol. The number of hydrogen-bond acceptors (Lipinski definition) is 6. The van der Waals surface area contributed by atoms with Crippen molar-refractivity contribution in [2.45, 2.75) is 64.1 Å². The number of rotatable bonds is 10. The average molecular weight is 430 g/mol. The van der Waals surface area contributed by atoms with Gasteiger partial charge in [-0.3, -0.25) is 9.59 Å². The summed E-state index contributed by atoms with van der Waals surface area (Å²) in [6.45, 7) is 8.04. The van der Waals surface area contributed by atoms with Crippen LogP contribution in [0.4, 0.5) is 0 Å². The van der Waals surface area contributed by atoms with Crippen molar-refractivity contribution in [3.05, 3.63) is 52.8 Å². The maximum Gasteiger partial charge on any atom is 0.306 e. The van der Waals surface area contributed by atoms with E-state index in [9.17, 15) is 9.59 Å². The SMILES string of the molecule is CC[C@H](CNC(=O)[C@H](C)OC(=O)CCc1c(C)nc(SC)nc1C)c1ccccc1. The molecule has 1 amide bonds. The van der Waals surface area contributed by atoms with Crippen LogP contribution in [0.5, 0.6) is 0 Å². The fourth-order valence-corrected chi connectivity index (χ4v) is 3.75. The number of amides is 1. The van der Waals surface area contributed by atoms with E-state index in [0.29, 0.717) is 13.0 Å². The molecule has 0 radical (unpaired) electrons. The number of hydrogen-bond donors (Lipinski definition) is 1. The van der Waals surface area contributed by atoms with Crippen LogP contribution < -0.4 is 5.32 Å². The molecule has 0 spiro atoms. The summed E-state index contributed by atoms with van der Waals surface area (Å²) in [4.78, 5) is 33.5. The van der Waals surface area contributed by atoms with Crippen LogP contribution in [-0.2, 0) is 20.7 Å². The van der Waals surface area contributed by atoms with Crippen molar-refractivity contribution in [2.75, 3.05) is 12.8 Å². The van der Waals surface area contributed by atoms with E-state index in [-0.39, 0.29) is 18.2 Å². The third kappa shape index (κ3) is 6.83. The molecule has 0 unspecified atom stereocenters. The maximum atomic E-state index is 12.4. The Balaban J connectivity index is 1.83. The molecule has 0 aliphatic rings. The fourth-order valence-electron chi connectivity index (χ4n) is 3.29. The van der Waals surface area contributed by atoms with Crippen LogP contribution in [0.1, 0.15) is 55.1 Å². The van der Waals surface area contributed by atoms with Crippen molar-refractivity contribution in [2.24, 2.45) is 0 Å². The Labute approximate surface area is 183 Å². The molecule has 30 heavy (non-hydrogen) atoms. The van der Waals surface area contributed by atoms with E-state index in [1.165, 1.54) is 17.3 Å². The Kier molecular flexibility index (Phi) is 9.30. The molecule has 2 atom stereocenters. The predicted octanol–water partition coefficient (Wildman–Crippen LogP) is 3.99. The lowest BCUT2D eigenvalue weighted by molar-refractivity contribution is -0.154. The molecule has 0 aliphatic carbocycles. The van der Waals surface area contributed by atoms with Crippen LogP contribution >= 0.6 is 11.8 Å². The first-order valence-corrected chi connectivity index (χ1v) is 11.5. The highest BCUT2D eigenvalue weighted by Gasteiger charge is 2.20. The Morgan fingerprint density at radius 2 is 1.77 bits per heavy atom. The second-order valence-electron chi connectivity index (χ2n) is 7.25. The summed E-state index contributed by atoms with van der Waals surface area (Å²) in [6, 6.07) is 10.1. The first-order valence-electron chi connectivity index (χ1n) is 10.3. The van der Waals surface area contributed by atoms with Crippen LogP contribution in [0.25, 0.3) is 0 Å². The molecule has 6 nitrogen and oxygen atoms in total. The highest BCUT2D eigenvalue weighted by atomic mass is 32.2. The van der Waals surface area contributed by atoms with Gasteiger partial charge in [0.1, 0.15) is 0 Å². The lowest BCUT2D eigenvalue weighted by atomic mass is 9.96. The van der Waals surface area contributed by atoms with Gasteiger partial charge in [0.15, 0.2) is 11.3 Å². The molecule has 1 aromatic heterocycles. The molecule has 0 saturated heterocycles. The second kappa shape index (κ2) is 11.7. The summed E-state index contributed by atoms with van der Waals surface area (Å²) in [5.74, 6) is -0.452. The van der Waals surface area contributed by atoms with Gasteiger partial charge in [0.25, 0.3) is 5.91 Å². The molecule has 2 rings (SSSR count). The lowest BCUT2D eigenvalue weighted by Crippen LogP contribution is -2.38. The largest absolute Gasteiger partial charge is 0.453 e. The number of nitrogens with one attached hydrogen (secondary N) is 1. The summed E-state index contributed by atoms with van der Waals surface area (Å²) in [5.41, 5.74) is 3.88. The van der Waals surface area contributed by atoms with Gasteiger partial charge < -0.3 is 10.1 Å². The second-order valence-corrected chi connectivity index (χ2v) is 8.03. The van der Waals surface area contributed by atoms with Crippen LogP contribution in [0.3, 0.4) is 0 Å². The van der Waals surface area contributed by atoms with Crippen LogP contribution in [-0.4, -0.2) is 40.7 Å². The zero-order chi connectivity index (χ0) is 22.1. The number of carbonyl (C=O) groups excluding carboxylic acids is 2. The Hall–Kier alpha value is -2.41. The van der Waals surface area contributed by atoms with Gasteiger partial charge in [-0.05, 0) is 51.0 Å². The molecular weight excluding hydrogens is 398 g/mol. The van der Waals surface area contributed by atoms with E-state index in [4.69, 9.17) is 4.74 Å². The third-order valence-corrected chi connectivity index (χ3v) is 5.67. The molecule has 0 saturated carbocycles. The summed E-state index contributed by atoms with van der Waals surface area (Å²) in [5, 5.41) is 3.63. The highest BCUT2D eigenvalue weighted by molar-refractivity contribution is 7.98. The van der Waals surface area contributed by atoms with E-state index in [0.717, 1.165) is 28.5 Å². The number of ether oxygens (including phenoxy) is 1. The lowest BCUT2D eigenvalue weighted by Gasteiger charge is -2.18. The molecule has 7 heteroatoms. The van der Waals surface area contributed by atoms with Gasteiger partial charge in [0.05, 0.1) is 0 Å². The monoisotopic (exact) mass is 429 g/mol. The zero-order valence-electron chi connectivity index (χ0n) is 18.4. The molecule has 0 fully saturated rings. The number of aryl methyl sites for hydroxylation is 2. The van der Waals surface area contributed by atoms with Crippen molar-refractivity contribution in [3.8, 4) is 0 Å². The molecule has 2 aromatic rings. The summed E-state index contributed by atoms with van der Waals surface area (Å²) >= 11 is 1.49. The minimum atomic E-state index is -0.830. The van der Waals surface area contributed by atoms with Gasteiger partial charge in [-0.25, -0.2) is 9.97 Å². The summed E-state index contributed by atoms with van der Waals surface area (Å²) in [7, 11) is 0. The van der Waals surface area contributed by atoms with Gasteiger partial charge in [0, 0.05) is 30.3 Å². The first kappa shape index (κ1) is 23.9. The Morgan fingerprint density at radius 3 is 2.33 bits per heavy atom. The summed E-state index contributed by atoms with van der Waals surface area (Å²) < 4.78 is 5.33. The van der Waals surface area contributed by atoms with Crippen molar-refractivity contribution >= 4 is 23.6 Å². The maximum absolute atomic E-state index is 12.4. The topological polar surface area (TPSA) is 81.2 Å². The van der Waals surface area contributed by atoms with Gasteiger partial charge in [0.2, 0.25) is 0 Å². The van der Waals surface area contributed by atoms with Crippen molar-refractivity contribution < 1.29 is 14.3 Å². The normalized spacial score (nSPS) is 12.8. The van der Waals surface area contributed by atoms with Crippen molar-refractivity contribution in [1.29, 1.82) is 0 Å². The van der Waals surface area contributed by atoms with Crippen molar-refractivity contribution in [3.63, 3.8) is 0 Å². The summed E-state index contributed by atoms with van der Waals surface area (Å²) in [6.07, 6.45) is 2.69. The number of aromatic nitrogens is 2. The van der Waals surface area contributed by atoms with Crippen LogP contribution in [0.2, 0.25) is 0 Å². The van der Waals surface area contributed by atoms with E-state index in [2.05, 4.69) is 34.3 Å². The number of carbonyl (C=O) groups is 2. The van der Waals surface area contributed by atoms with E-state index < -0.39 is 12.1 Å². The quantitative estimate of drug-likeness (QED) is 0.349. The molecule has 1 heterocycles. The smallest absolute Gasteiger partial charge is 0.306 e. The molecule has 162 valence electrons. The molecule has 0 aliphatic heterocycles.